The van der Waals surface area contributed by atoms with Gasteiger partial charge in [-0.1, -0.05) is 30.3 Å². The van der Waals surface area contributed by atoms with Gasteiger partial charge in [-0.05, 0) is 36.8 Å². The van der Waals surface area contributed by atoms with Gasteiger partial charge in [0.25, 0.3) is 5.91 Å². The van der Waals surface area contributed by atoms with E-state index < -0.39 is 5.82 Å². The molecule has 144 valence electrons. The molecule has 1 aromatic heterocycles. The topological polar surface area (TPSA) is 60.3 Å². The second-order valence-corrected chi connectivity index (χ2v) is 6.45. The van der Waals surface area contributed by atoms with E-state index in [0.29, 0.717) is 11.3 Å². The Morgan fingerprint density at radius 2 is 1.79 bits per heavy atom. The number of benzene rings is 2. The summed E-state index contributed by atoms with van der Waals surface area (Å²) in [5.41, 5.74) is 2.36. The molecule has 5 nitrogen and oxygen atoms in total. The van der Waals surface area contributed by atoms with E-state index in [4.69, 9.17) is 4.74 Å². The number of carbonyl (C=O) groups excluding carboxylic acids is 1. The molecule has 0 aliphatic heterocycles. The molecule has 1 N–H and O–H groups in total. The second-order valence-electron chi connectivity index (χ2n) is 6.45. The summed E-state index contributed by atoms with van der Waals surface area (Å²) in [4.78, 5) is 24.8. The third kappa shape index (κ3) is 4.46. The molecule has 0 atom stereocenters. The molecule has 0 aliphatic carbocycles. The Morgan fingerprint density at radius 1 is 1.11 bits per heavy atom. The Balaban J connectivity index is 1.81. The number of amides is 1. The van der Waals surface area contributed by atoms with E-state index in [1.807, 2.05) is 48.9 Å². The molecule has 0 spiro atoms. The Labute approximate surface area is 162 Å². The molecule has 0 bridgehead atoms. The van der Waals surface area contributed by atoms with Crippen molar-refractivity contribution in [3.05, 3.63) is 99.2 Å². The summed E-state index contributed by atoms with van der Waals surface area (Å²) in [5, 5.41) is 2.77. The molecule has 0 aliphatic rings. The lowest BCUT2D eigenvalue weighted by Crippen LogP contribution is -2.27. The SMILES string of the molecule is Cc1cc(=O)c(OCc2ccccc2)c(CNC(=O)c2ccc(F)cc2)n1C. The second kappa shape index (κ2) is 8.52. The van der Waals surface area contributed by atoms with Gasteiger partial charge >= 0.3 is 0 Å². The van der Waals surface area contributed by atoms with Gasteiger partial charge in [-0.25, -0.2) is 4.39 Å². The van der Waals surface area contributed by atoms with Gasteiger partial charge in [0.05, 0.1) is 12.2 Å². The lowest BCUT2D eigenvalue weighted by molar-refractivity contribution is 0.0949. The number of rotatable bonds is 6. The van der Waals surface area contributed by atoms with Gasteiger partial charge < -0.3 is 14.6 Å². The lowest BCUT2D eigenvalue weighted by atomic mass is 10.2. The van der Waals surface area contributed by atoms with Crippen LogP contribution < -0.4 is 15.5 Å². The van der Waals surface area contributed by atoms with E-state index in [9.17, 15) is 14.0 Å². The molecule has 0 saturated carbocycles. The molecular formula is C22H21FN2O3. The zero-order valence-corrected chi connectivity index (χ0v) is 15.7. The van der Waals surface area contributed by atoms with Crippen LogP contribution in [0.2, 0.25) is 0 Å². The van der Waals surface area contributed by atoms with Gasteiger partial charge in [0.15, 0.2) is 5.75 Å². The fourth-order valence-electron chi connectivity index (χ4n) is 2.81. The first-order valence-corrected chi connectivity index (χ1v) is 8.85. The van der Waals surface area contributed by atoms with E-state index >= 15 is 0 Å². The molecule has 3 rings (SSSR count). The van der Waals surface area contributed by atoms with Crippen LogP contribution in [0.3, 0.4) is 0 Å². The van der Waals surface area contributed by atoms with Crippen molar-refractivity contribution in [2.75, 3.05) is 0 Å². The zero-order chi connectivity index (χ0) is 20.1. The summed E-state index contributed by atoms with van der Waals surface area (Å²) >= 11 is 0. The number of aryl methyl sites for hydroxylation is 1. The molecule has 6 heteroatoms. The van der Waals surface area contributed by atoms with Crippen molar-refractivity contribution in [1.29, 1.82) is 0 Å². The van der Waals surface area contributed by atoms with Gasteiger partial charge in [-0.3, -0.25) is 9.59 Å². The van der Waals surface area contributed by atoms with E-state index in [1.54, 1.807) is 0 Å². The molecule has 3 aromatic rings. The summed E-state index contributed by atoms with van der Waals surface area (Å²) in [6.07, 6.45) is 0. The van der Waals surface area contributed by atoms with Crippen LogP contribution >= 0.6 is 0 Å². The highest BCUT2D eigenvalue weighted by Crippen LogP contribution is 2.17. The van der Waals surface area contributed by atoms with Crippen molar-refractivity contribution >= 4 is 5.91 Å². The highest BCUT2D eigenvalue weighted by Gasteiger charge is 2.15. The maximum atomic E-state index is 13.0. The first-order valence-electron chi connectivity index (χ1n) is 8.85. The number of ether oxygens (including phenoxy) is 1. The maximum Gasteiger partial charge on any atom is 0.251 e. The van der Waals surface area contributed by atoms with Gasteiger partial charge in [0, 0.05) is 24.4 Å². The van der Waals surface area contributed by atoms with Crippen LogP contribution in [0.5, 0.6) is 5.75 Å². The molecule has 0 unspecified atom stereocenters. The number of hydrogen-bond acceptors (Lipinski definition) is 3. The number of carbonyl (C=O) groups is 1. The Bertz CT molecular complexity index is 1030. The summed E-state index contributed by atoms with van der Waals surface area (Å²) in [5.74, 6) is -0.562. The molecule has 0 fully saturated rings. The average molecular weight is 380 g/mol. The molecule has 0 saturated heterocycles. The zero-order valence-electron chi connectivity index (χ0n) is 15.7. The number of aromatic nitrogens is 1. The Morgan fingerprint density at radius 3 is 2.46 bits per heavy atom. The molecule has 2 aromatic carbocycles. The minimum Gasteiger partial charge on any atom is -0.483 e. The first-order chi connectivity index (χ1) is 13.5. The Hall–Kier alpha value is -3.41. The minimum atomic E-state index is -0.408. The number of hydrogen-bond donors (Lipinski definition) is 1. The summed E-state index contributed by atoms with van der Waals surface area (Å²) in [6, 6.07) is 16.3. The van der Waals surface area contributed by atoms with Crippen molar-refractivity contribution < 1.29 is 13.9 Å². The third-order valence-electron chi connectivity index (χ3n) is 4.51. The maximum absolute atomic E-state index is 13.0. The van der Waals surface area contributed by atoms with Crippen LogP contribution in [0.1, 0.15) is 27.3 Å². The first kappa shape index (κ1) is 19.4. The normalized spacial score (nSPS) is 10.5. The average Bonchev–Trinajstić information content (AvgIpc) is 2.70. The number of nitrogens with zero attached hydrogens (tertiary/aromatic N) is 1. The van der Waals surface area contributed by atoms with Crippen LogP contribution in [-0.2, 0) is 20.2 Å². The Kier molecular flexibility index (Phi) is 5.89. The van der Waals surface area contributed by atoms with Crippen molar-refractivity contribution in [2.24, 2.45) is 7.05 Å². The number of nitrogens with one attached hydrogen (secondary N) is 1. The van der Waals surface area contributed by atoms with Crippen LogP contribution in [0.15, 0.2) is 65.5 Å². The number of halogens is 1. The smallest absolute Gasteiger partial charge is 0.251 e. The van der Waals surface area contributed by atoms with Crippen molar-refractivity contribution in [2.45, 2.75) is 20.1 Å². The molecule has 0 radical (unpaired) electrons. The van der Waals surface area contributed by atoms with E-state index in [2.05, 4.69) is 5.32 Å². The lowest BCUT2D eigenvalue weighted by Gasteiger charge is -2.17. The molecule has 1 amide bonds. The predicted octanol–water partition coefficient (Wildman–Crippen LogP) is 3.34. The highest BCUT2D eigenvalue weighted by atomic mass is 19.1. The quantitative estimate of drug-likeness (QED) is 0.714. The summed E-state index contributed by atoms with van der Waals surface area (Å²) in [6.45, 7) is 2.17. The van der Waals surface area contributed by atoms with Crippen LogP contribution in [0.4, 0.5) is 4.39 Å². The van der Waals surface area contributed by atoms with Gasteiger partial charge in [-0.2, -0.15) is 0 Å². The van der Waals surface area contributed by atoms with E-state index in [-0.39, 0.29) is 30.2 Å². The summed E-state index contributed by atoms with van der Waals surface area (Å²) in [7, 11) is 1.81. The van der Waals surface area contributed by atoms with Gasteiger partial charge in [0.1, 0.15) is 12.4 Å². The monoisotopic (exact) mass is 380 g/mol. The minimum absolute atomic E-state index is 0.105. The van der Waals surface area contributed by atoms with Crippen molar-refractivity contribution in [3.8, 4) is 5.75 Å². The largest absolute Gasteiger partial charge is 0.483 e. The standard InChI is InChI=1S/C22H21FN2O3/c1-15-12-20(26)21(28-14-16-6-4-3-5-7-16)19(25(15)2)13-24-22(27)17-8-10-18(23)11-9-17/h3-12H,13-14H2,1-2H3,(H,24,27). The molecular weight excluding hydrogens is 359 g/mol. The fourth-order valence-corrected chi connectivity index (χ4v) is 2.81. The van der Waals surface area contributed by atoms with Gasteiger partial charge in [-0.15, -0.1) is 0 Å². The highest BCUT2D eigenvalue weighted by molar-refractivity contribution is 5.94. The van der Waals surface area contributed by atoms with Crippen molar-refractivity contribution in [3.63, 3.8) is 0 Å². The van der Waals surface area contributed by atoms with E-state index in [0.717, 1.165) is 11.3 Å². The molecule has 1 heterocycles. The van der Waals surface area contributed by atoms with E-state index in [1.165, 1.54) is 30.3 Å². The summed E-state index contributed by atoms with van der Waals surface area (Å²) < 4.78 is 20.7. The van der Waals surface area contributed by atoms with Crippen molar-refractivity contribution in [1.82, 2.24) is 9.88 Å². The van der Waals surface area contributed by atoms with Crippen LogP contribution in [-0.4, -0.2) is 10.5 Å². The van der Waals surface area contributed by atoms with Crippen LogP contribution in [0, 0.1) is 12.7 Å². The van der Waals surface area contributed by atoms with Crippen LogP contribution in [0.25, 0.3) is 0 Å². The third-order valence-corrected chi connectivity index (χ3v) is 4.51. The predicted molar refractivity (Wildman–Crippen MR) is 105 cm³/mol. The van der Waals surface area contributed by atoms with Gasteiger partial charge in [0.2, 0.25) is 5.43 Å². The fraction of sp³-hybridized carbons (Fsp3) is 0.182. The molecule has 28 heavy (non-hydrogen) atoms. The number of pyridine rings is 1.